The highest BCUT2D eigenvalue weighted by Crippen LogP contribution is 2.17. The molecule has 2 N–H and O–H groups in total. The van der Waals surface area contributed by atoms with Crippen molar-refractivity contribution in [3.8, 4) is 0 Å². The second kappa shape index (κ2) is 6.60. The molecule has 1 aliphatic rings. The molecule has 1 atom stereocenters. The molecule has 2 rings (SSSR count). The minimum absolute atomic E-state index is 0.000956. The van der Waals surface area contributed by atoms with Crippen LogP contribution in [0.3, 0.4) is 0 Å². The van der Waals surface area contributed by atoms with Gasteiger partial charge in [0.15, 0.2) is 0 Å². The number of nitrogens with zero attached hydrogens (tertiary/aromatic N) is 1. The molecule has 0 bridgehead atoms. The average Bonchev–Trinajstić information content (AvgIpc) is 2.46. The topological polar surface area (TPSA) is 86.7 Å². The van der Waals surface area contributed by atoms with Crippen LogP contribution in [0.25, 0.3) is 0 Å². The molecule has 1 heterocycles. The third-order valence-corrected chi connectivity index (χ3v) is 3.80. The van der Waals surface area contributed by atoms with E-state index in [1.807, 2.05) is 13.8 Å². The van der Waals surface area contributed by atoms with Crippen LogP contribution in [-0.4, -0.2) is 46.9 Å². The van der Waals surface area contributed by atoms with Crippen molar-refractivity contribution in [2.24, 2.45) is 5.92 Å². The SMILES string of the molecule is CC(C)C1C(=O)NCCN1C(=O)Cc1ccccc1C(=O)O. The summed E-state index contributed by atoms with van der Waals surface area (Å²) in [6, 6.07) is 5.95. The summed E-state index contributed by atoms with van der Waals surface area (Å²) in [5, 5.41) is 11.9. The maximum atomic E-state index is 12.6. The summed E-state index contributed by atoms with van der Waals surface area (Å²) >= 11 is 0. The number of carboxylic acids is 1. The molecule has 0 aliphatic carbocycles. The molecule has 1 unspecified atom stereocenters. The lowest BCUT2D eigenvalue weighted by molar-refractivity contribution is -0.144. The Morgan fingerprint density at radius 2 is 2.05 bits per heavy atom. The molecule has 0 aromatic heterocycles. The standard InChI is InChI=1S/C16H20N2O4/c1-10(2)14-15(20)17-7-8-18(14)13(19)9-11-5-3-4-6-12(11)16(21)22/h3-6,10,14H,7-9H2,1-2H3,(H,17,20)(H,21,22). The lowest BCUT2D eigenvalue weighted by atomic mass is 9.97. The van der Waals surface area contributed by atoms with Gasteiger partial charge in [-0.15, -0.1) is 0 Å². The summed E-state index contributed by atoms with van der Waals surface area (Å²) < 4.78 is 0. The van der Waals surface area contributed by atoms with E-state index in [2.05, 4.69) is 5.32 Å². The second-order valence-electron chi connectivity index (χ2n) is 5.71. The molecular formula is C16H20N2O4. The van der Waals surface area contributed by atoms with Gasteiger partial charge in [0.1, 0.15) is 6.04 Å². The van der Waals surface area contributed by atoms with E-state index in [1.54, 1.807) is 23.1 Å². The van der Waals surface area contributed by atoms with Crippen molar-refractivity contribution in [1.29, 1.82) is 0 Å². The number of amides is 2. The van der Waals surface area contributed by atoms with E-state index in [1.165, 1.54) is 6.07 Å². The molecule has 2 amide bonds. The van der Waals surface area contributed by atoms with Crippen molar-refractivity contribution in [2.75, 3.05) is 13.1 Å². The molecule has 0 radical (unpaired) electrons. The smallest absolute Gasteiger partial charge is 0.335 e. The van der Waals surface area contributed by atoms with Gasteiger partial charge in [0.2, 0.25) is 11.8 Å². The van der Waals surface area contributed by atoms with Crippen molar-refractivity contribution in [2.45, 2.75) is 26.3 Å². The Bertz CT molecular complexity index is 598. The van der Waals surface area contributed by atoms with Crippen molar-refractivity contribution in [3.63, 3.8) is 0 Å². The molecule has 1 saturated heterocycles. The van der Waals surface area contributed by atoms with E-state index in [9.17, 15) is 19.5 Å². The van der Waals surface area contributed by atoms with Crippen molar-refractivity contribution in [3.05, 3.63) is 35.4 Å². The lowest BCUT2D eigenvalue weighted by Crippen LogP contribution is -2.59. The quantitative estimate of drug-likeness (QED) is 0.865. The maximum absolute atomic E-state index is 12.6. The van der Waals surface area contributed by atoms with Crippen LogP contribution in [0.15, 0.2) is 24.3 Å². The number of carboxylic acid groups (broad SMARTS) is 1. The van der Waals surface area contributed by atoms with E-state index in [4.69, 9.17) is 0 Å². The fraction of sp³-hybridized carbons (Fsp3) is 0.438. The number of aromatic carboxylic acids is 1. The molecule has 118 valence electrons. The van der Waals surface area contributed by atoms with Crippen molar-refractivity contribution < 1.29 is 19.5 Å². The fourth-order valence-corrected chi connectivity index (χ4v) is 2.77. The molecule has 1 aromatic carbocycles. The van der Waals surface area contributed by atoms with Gasteiger partial charge in [-0.1, -0.05) is 32.0 Å². The molecular weight excluding hydrogens is 284 g/mol. The summed E-state index contributed by atoms with van der Waals surface area (Å²) in [6.45, 7) is 4.65. The van der Waals surface area contributed by atoms with E-state index >= 15 is 0 Å². The molecule has 1 fully saturated rings. The Morgan fingerprint density at radius 1 is 1.36 bits per heavy atom. The van der Waals surface area contributed by atoms with Gasteiger partial charge in [-0.25, -0.2) is 4.79 Å². The van der Waals surface area contributed by atoms with Gasteiger partial charge in [-0.3, -0.25) is 9.59 Å². The highest BCUT2D eigenvalue weighted by atomic mass is 16.4. The van der Waals surface area contributed by atoms with Gasteiger partial charge in [0.25, 0.3) is 0 Å². The second-order valence-corrected chi connectivity index (χ2v) is 5.71. The van der Waals surface area contributed by atoms with Crippen molar-refractivity contribution >= 4 is 17.8 Å². The monoisotopic (exact) mass is 304 g/mol. The first kappa shape index (κ1) is 16.0. The van der Waals surface area contributed by atoms with Gasteiger partial charge in [0.05, 0.1) is 12.0 Å². The summed E-state index contributed by atoms with van der Waals surface area (Å²) in [6.07, 6.45) is -0.0149. The van der Waals surface area contributed by atoms with Gasteiger partial charge in [0, 0.05) is 13.1 Å². The molecule has 0 saturated carbocycles. The fourth-order valence-electron chi connectivity index (χ4n) is 2.77. The molecule has 22 heavy (non-hydrogen) atoms. The summed E-state index contributed by atoms with van der Waals surface area (Å²) in [7, 11) is 0. The molecule has 0 spiro atoms. The Hall–Kier alpha value is -2.37. The zero-order chi connectivity index (χ0) is 16.3. The number of piperazine rings is 1. The van der Waals surface area contributed by atoms with Crippen LogP contribution in [-0.2, 0) is 16.0 Å². The Morgan fingerprint density at radius 3 is 2.68 bits per heavy atom. The number of nitrogens with one attached hydrogen (secondary N) is 1. The molecule has 1 aliphatic heterocycles. The van der Waals surface area contributed by atoms with Crippen LogP contribution >= 0.6 is 0 Å². The highest BCUT2D eigenvalue weighted by molar-refractivity contribution is 5.93. The van der Waals surface area contributed by atoms with Crippen LogP contribution in [0.1, 0.15) is 29.8 Å². The van der Waals surface area contributed by atoms with Crippen LogP contribution < -0.4 is 5.32 Å². The van der Waals surface area contributed by atoms with Crippen LogP contribution in [0.4, 0.5) is 0 Å². The van der Waals surface area contributed by atoms with Gasteiger partial charge >= 0.3 is 5.97 Å². The Balaban J connectivity index is 2.21. The first-order valence-electron chi connectivity index (χ1n) is 7.30. The summed E-state index contributed by atoms with van der Waals surface area (Å²) in [4.78, 5) is 37.3. The summed E-state index contributed by atoms with van der Waals surface area (Å²) in [5.41, 5.74) is 0.590. The van der Waals surface area contributed by atoms with Gasteiger partial charge in [-0.2, -0.15) is 0 Å². The zero-order valence-electron chi connectivity index (χ0n) is 12.7. The average molecular weight is 304 g/mol. The number of hydrogen-bond acceptors (Lipinski definition) is 3. The minimum atomic E-state index is -1.06. The van der Waals surface area contributed by atoms with Crippen LogP contribution in [0.5, 0.6) is 0 Å². The van der Waals surface area contributed by atoms with E-state index in [0.717, 1.165) is 0 Å². The zero-order valence-corrected chi connectivity index (χ0v) is 12.7. The predicted octanol–water partition coefficient (Wildman–Crippen LogP) is 0.910. The number of carbonyl (C=O) groups is 3. The Kier molecular flexibility index (Phi) is 4.80. The maximum Gasteiger partial charge on any atom is 0.335 e. The highest BCUT2D eigenvalue weighted by Gasteiger charge is 2.35. The number of rotatable bonds is 4. The summed E-state index contributed by atoms with van der Waals surface area (Å²) in [5.74, 6) is -1.43. The number of benzene rings is 1. The van der Waals surface area contributed by atoms with E-state index in [0.29, 0.717) is 18.7 Å². The Labute approximate surface area is 129 Å². The van der Waals surface area contributed by atoms with Gasteiger partial charge < -0.3 is 15.3 Å². The normalized spacial score (nSPS) is 18.2. The van der Waals surface area contributed by atoms with Crippen LogP contribution in [0.2, 0.25) is 0 Å². The predicted molar refractivity (Wildman–Crippen MR) is 80.5 cm³/mol. The number of hydrogen-bond donors (Lipinski definition) is 2. The molecule has 6 nitrogen and oxygen atoms in total. The number of carbonyl (C=O) groups excluding carboxylic acids is 2. The first-order valence-corrected chi connectivity index (χ1v) is 7.30. The van der Waals surface area contributed by atoms with Crippen molar-refractivity contribution in [1.82, 2.24) is 10.2 Å². The third kappa shape index (κ3) is 3.27. The van der Waals surface area contributed by atoms with E-state index in [-0.39, 0.29) is 29.7 Å². The first-order chi connectivity index (χ1) is 10.4. The largest absolute Gasteiger partial charge is 0.478 e. The lowest BCUT2D eigenvalue weighted by Gasteiger charge is -2.37. The van der Waals surface area contributed by atoms with E-state index < -0.39 is 12.0 Å². The molecule has 6 heteroatoms. The van der Waals surface area contributed by atoms with Crippen LogP contribution in [0, 0.1) is 5.92 Å². The molecule has 1 aromatic rings. The van der Waals surface area contributed by atoms with Gasteiger partial charge in [-0.05, 0) is 17.5 Å². The third-order valence-electron chi connectivity index (χ3n) is 3.80. The minimum Gasteiger partial charge on any atom is -0.478 e.